The van der Waals surface area contributed by atoms with Gasteiger partial charge in [-0.25, -0.2) is 0 Å². The topological polar surface area (TPSA) is 43.4 Å². The molecule has 0 spiro atoms. The van der Waals surface area contributed by atoms with Gasteiger partial charge in [-0.15, -0.1) is 0 Å². The van der Waals surface area contributed by atoms with E-state index in [2.05, 4.69) is 15.9 Å². The van der Waals surface area contributed by atoms with Crippen LogP contribution in [0.5, 0.6) is 0 Å². The van der Waals surface area contributed by atoms with Crippen LogP contribution in [0.1, 0.15) is 39.2 Å². The minimum absolute atomic E-state index is 0.0453. The van der Waals surface area contributed by atoms with Gasteiger partial charge in [0.05, 0.1) is 6.42 Å². The number of rotatable bonds is 5. The number of carbonyl (C=O) groups excluding carboxylic acids is 2. The first-order valence-electron chi connectivity index (χ1n) is 6.24. The fraction of sp³-hybridized carbons (Fsp3) is 0.467. The van der Waals surface area contributed by atoms with Crippen LogP contribution in [0.2, 0.25) is 0 Å². The van der Waals surface area contributed by atoms with E-state index in [1.165, 1.54) is 0 Å². The van der Waals surface area contributed by atoms with E-state index in [1.54, 1.807) is 0 Å². The third kappa shape index (κ3) is 7.11. The fourth-order valence-corrected chi connectivity index (χ4v) is 2.04. The van der Waals surface area contributed by atoms with Crippen LogP contribution in [0.3, 0.4) is 0 Å². The van der Waals surface area contributed by atoms with Gasteiger partial charge >= 0.3 is 5.97 Å². The number of hydrogen-bond donors (Lipinski definition) is 0. The highest BCUT2D eigenvalue weighted by Crippen LogP contribution is 2.14. The maximum Gasteiger partial charge on any atom is 0.306 e. The lowest BCUT2D eigenvalue weighted by molar-refractivity contribution is -0.155. The van der Waals surface area contributed by atoms with Gasteiger partial charge in [0.2, 0.25) is 0 Å². The molecule has 1 aromatic carbocycles. The van der Waals surface area contributed by atoms with Crippen molar-refractivity contribution in [2.75, 3.05) is 0 Å². The SMILES string of the molecule is CC(C)(C)OC(=O)CCC(=O)Cc1cccc(Br)c1. The van der Waals surface area contributed by atoms with Crippen LogP contribution >= 0.6 is 15.9 Å². The summed E-state index contributed by atoms with van der Waals surface area (Å²) >= 11 is 3.36. The van der Waals surface area contributed by atoms with Gasteiger partial charge in [0.15, 0.2) is 0 Å². The first-order chi connectivity index (χ1) is 8.76. The van der Waals surface area contributed by atoms with E-state index in [1.807, 2.05) is 45.0 Å². The van der Waals surface area contributed by atoms with E-state index in [4.69, 9.17) is 4.74 Å². The van der Waals surface area contributed by atoms with Crippen LogP contribution < -0.4 is 0 Å². The molecule has 0 saturated carbocycles. The number of carbonyl (C=O) groups is 2. The third-order valence-corrected chi connectivity index (χ3v) is 2.81. The molecule has 0 atom stereocenters. The molecule has 104 valence electrons. The molecule has 0 unspecified atom stereocenters. The molecule has 0 radical (unpaired) electrons. The molecule has 0 fully saturated rings. The van der Waals surface area contributed by atoms with Crippen molar-refractivity contribution in [2.45, 2.75) is 45.6 Å². The van der Waals surface area contributed by atoms with Crippen LogP contribution in [-0.4, -0.2) is 17.4 Å². The standard InChI is InChI=1S/C15H19BrO3/c1-15(2,3)19-14(18)8-7-13(17)10-11-5-4-6-12(16)9-11/h4-6,9H,7-8,10H2,1-3H3. The van der Waals surface area contributed by atoms with Gasteiger partial charge in [-0.1, -0.05) is 28.1 Å². The molecule has 1 rings (SSSR count). The minimum atomic E-state index is -0.496. The number of Topliss-reactive ketones (excluding diaryl/α,β-unsaturated/α-hetero) is 1. The normalized spacial score (nSPS) is 11.2. The highest BCUT2D eigenvalue weighted by atomic mass is 79.9. The number of esters is 1. The zero-order valence-corrected chi connectivity index (χ0v) is 13.1. The van der Waals surface area contributed by atoms with Crippen molar-refractivity contribution in [1.29, 1.82) is 0 Å². The van der Waals surface area contributed by atoms with Crippen molar-refractivity contribution in [3.63, 3.8) is 0 Å². The Morgan fingerprint density at radius 3 is 2.47 bits per heavy atom. The molecule has 0 aliphatic carbocycles. The van der Waals surface area contributed by atoms with Gasteiger partial charge in [-0.05, 0) is 38.5 Å². The predicted octanol–water partition coefficient (Wildman–Crippen LogP) is 3.68. The second kappa shape index (κ2) is 6.85. The fourth-order valence-electron chi connectivity index (χ4n) is 1.60. The van der Waals surface area contributed by atoms with Crippen molar-refractivity contribution < 1.29 is 14.3 Å². The molecule has 0 aromatic heterocycles. The monoisotopic (exact) mass is 326 g/mol. The first kappa shape index (κ1) is 15.9. The highest BCUT2D eigenvalue weighted by Gasteiger charge is 2.17. The summed E-state index contributed by atoms with van der Waals surface area (Å²) in [6, 6.07) is 7.61. The molecule has 0 aliphatic heterocycles. The van der Waals surface area contributed by atoms with Crippen LogP contribution in [0.15, 0.2) is 28.7 Å². The van der Waals surface area contributed by atoms with Crippen molar-refractivity contribution in [1.82, 2.24) is 0 Å². The lowest BCUT2D eigenvalue weighted by Gasteiger charge is -2.19. The Kier molecular flexibility index (Phi) is 5.73. The number of hydrogen-bond acceptors (Lipinski definition) is 3. The first-order valence-corrected chi connectivity index (χ1v) is 7.03. The average molecular weight is 327 g/mol. The quantitative estimate of drug-likeness (QED) is 0.775. The van der Waals surface area contributed by atoms with Crippen molar-refractivity contribution in [3.8, 4) is 0 Å². The molecule has 0 aliphatic rings. The molecule has 19 heavy (non-hydrogen) atoms. The zero-order chi connectivity index (χ0) is 14.5. The second-order valence-electron chi connectivity index (χ2n) is 5.43. The molecule has 0 heterocycles. The maximum absolute atomic E-state index is 11.8. The minimum Gasteiger partial charge on any atom is -0.460 e. The molecule has 0 amide bonds. The summed E-state index contributed by atoms with van der Waals surface area (Å²) in [5.41, 5.74) is 0.452. The predicted molar refractivity (Wildman–Crippen MR) is 77.9 cm³/mol. The van der Waals surface area contributed by atoms with Crippen molar-refractivity contribution in [3.05, 3.63) is 34.3 Å². The lowest BCUT2D eigenvalue weighted by atomic mass is 10.1. The summed E-state index contributed by atoms with van der Waals surface area (Å²) in [5, 5.41) is 0. The summed E-state index contributed by atoms with van der Waals surface area (Å²) in [7, 11) is 0. The van der Waals surface area contributed by atoms with E-state index in [0.717, 1.165) is 10.0 Å². The summed E-state index contributed by atoms with van der Waals surface area (Å²) in [5.74, 6) is -0.279. The van der Waals surface area contributed by atoms with E-state index >= 15 is 0 Å². The summed E-state index contributed by atoms with van der Waals surface area (Å²) in [6.07, 6.45) is 0.716. The van der Waals surface area contributed by atoms with Crippen LogP contribution in [-0.2, 0) is 20.7 Å². The van der Waals surface area contributed by atoms with Crippen molar-refractivity contribution >= 4 is 27.7 Å². The molecule has 3 nitrogen and oxygen atoms in total. The van der Waals surface area contributed by atoms with Gasteiger partial charge in [-0.2, -0.15) is 0 Å². The number of halogens is 1. The lowest BCUT2D eigenvalue weighted by Crippen LogP contribution is -2.24. The van der Waals surface area contributed by atoms with Gasteiger partial charge in [-0.3, -0.25) is 9.59 Å². The molecule has 4 heteroatoms. The summed E-state index contributed by atoms with van der Waals surface area (Å²) < 4.78 is 6.11. The van der Waals surface area contributed by atoms with Gasteiger partial charge in [0.25, 0.3) is 0 Å². The Bertz CT molecular complexity index is 461. The highest BCUT2D eigenvalue weighted by molar-refractivity contribution is 9.10. The average Bonchev–Trinajstić information content (AvgIpc) is 2.24. The smallest absolute Gasteiger partial charge is 0.306 e. The molecule has 0 N–H and O–H groups in total. The number of ether oxygens (including phenoxy) is 1. The Balaban J connectivity index is 2.38. The second-order valence-corrected chi connectivity index (χ2v) is 6.35. The molecular weight excluding hydrogens is 308 g/mol. The van der Waals surface area contributed by atoms with Crippen LogP contribution in [0.4, 0.5) is 0 Å². The van der Waals surface area contributed by atoms with Crippen molar-refractivity contribution in [2.24, 2.45) is 0 Å². The molecular formula is C15H19BrO3. The third-order valence-electron chi connectivity index (χ3n) is 2.32. The van der Waals surface area contributed by atoms with E-state index in [-0.39, 0.29) is 24.6 Å². The van der Waals surface area contributed by atoms with E-state index in [9.17, 15) is 9.59 Å². The summed E-state index contributed by atoms with van der Waals surface area (Å²) in [4.78, 5) is 23.3. The molecule has 0 bridgehead atoms. The van der Waals surface area contributed by atoms with E-state index in [0.29, 0.717) is 6.42 Å². The largest absolute Gasteiger partial charge is 0.460 e. The maximum atomic E-state index is 11.8. The Morgan fingerprint density at radius 1 is 1.21 bits per heavy atom. The Hall–Kier alpha value is -1.16. The Labute approximate surface area is 122 Å². The van der Waals surface area contributed by atoms with Gasteiger partial charge < -0.3 is 4.74 Å². The van der Waals surface area contributed by atoms with Crippen LogP contribution in [0, 0.1) is 0 Å². The van der Waals surface area contributed by atoms with Gasteiger partial charge in [0.1, 0.15) is 11.4 Å². The van der Waals surface area contributed by atoms with Gasteiger partial charge in [0, 0.05) is 17.3 Å². The van der Waals surface area contributed by atoms with E-state index < -0.39 is 5.60 Å². The molecule has 1 aromatic rings. The number of benzene rings is 1. The summed E-state index contributed by atoms with van der Waals surface area (Å²) in [6.45, 7) is 5.44. The van der Waals surface area contributed by atoms with Crippen LogP contribution in [0.25, 0.3) is 0 Å². The Morgan fingerprint density at radius 2 is 1.89 bits per heavy atom. The zero-order valence-electron chi connectivity index (χ0n) is 11.5. The molecule has 0 saturated heterocycles. The number of ketones is 1.